The van der Waals surface area contributed by atoms with Crippen LogP contribution in [-0.4, -0.2) is 57.1 Å². The number of sulfonamides is 1. The lowest BCUT2D eigenvalue weighted by atomic mass is 9.94. The summed E-state index contributed by atoms with van der Waals surface area (Å²) in [4.78, 5) is 29.6. The first-order valence-electron chi connectivity index (χ1n) is 14.2. The van der Waals surface area contributed by atoms with Crippen LogP contribution in [0, 0.1) is 5.82 Å². The van der Waals surface area contributed by atoms with E-state index in [1.54, 1.807) is 18.2 Å². The Morgan fingerprint density at radius 1 is 1.00 bits per heavy atom. The average molecular weight is 630 g/mol. The van der Waals surface area contributed by atoms with Gasteiger partial charge in [-0.2, -0.15) is 0 Å². The summed E-state index contributed by atoms with van der Waals surface area (Å²) in [6, 6.07) is 18.5. The van der Waals surface area contributed by atoms with Crippen LogP contribution in [0.25, 0.3) is 0 Å². The molecule has 1 fully saturated rings. The first-order valence-corrected chi connectivity index (χ1v) is 16.5. The third-order valence-corrected chi connectivity index (χ3v) is 8.94. The van der Waals surface area contributed by atoms with Gasteiger partial charge < -0.3 is 15.0 Å². The van der Waals surface area contributed by atoms with Gasteiger partial charge in [-0.05, 0) is 54.3 Å². The second-order valence-electron chi connectivity index (χ2n) is 10.8. The van der Waals surface area contributed by atoms with Crippen LogP contribution in [0.15, 0.2) is 72.8 Å². The lowest BCUT2D eigenvalue weighted by Gasteiger charge is -2.35. The fraction of sp³-hybridized carbons (Fsp3) is 0.375. The van der Waals surface area contributed by atoms with Gasteiger partial charge in [0, 0.05) is 24.0 Å². The summed E-state index contributed by atoms with van der Waals surface area (Å²) in [6.45, 7) is -0.655. The van der Waals surface area contributed by atoms with Crippen molar-refractivity contribution in [2.45, 2.75) is 57.2 Å². The van der Waals surface area contributed by atoms with Gasteiger partial charge in [0.25, 0.3) is 0 Å². The van der Waals surface area contributed by atoms with Crippen molar-refractivity contribution < 1.29 is 27.1 Å². The van der Waals surface area contributed by atoms with Crippen LogP contribution in [0.1, 0.15) is 43.2 Å². The van der Waals surface area contributed by atoms with E-state index >= 15 is 0 Å². The summed E-state index contributed by atoms with van der Waals surface area (Å²) in [5.41, 5.74) is 1.52. The molecule has 0 saturated heterocycles. The lowest BCUT2D eigenvalue weighted by Crippen LogP contribution is -2.55. The number of hydrogen-bond donors (Lipinski definition) is 1. The first kappa shape index (κ1) is 32.3. The zero-order chi connectivity index (χ0) is 31.0. The van der Waals surface area contributed by atoms with Crippen molar-refractivity contribution in [3.8, 4) is 5.75 Å². The van der Waals surface area contributed by atoms with Crippen molar-refractivity contribution in [3.63, 3.8) is 0 Å². The molecule has 2 amide bonds. The van der Waals surface area contributed by atoms with Crippen molar-refractivity contribution in [2.24, 2.45) is 0 Å². The summed E-state index contributed by atoms with van der Waals surface area (Å²) >= 11 is 6.21. The van der Waals surface area contributed by atoms with Crippen molar-refractivity contribution in [1.82, 2.24) is 10.2 Å². The number of halogens is 2. The zero-order valence-corrected chi connectivity index (χ0v) is 25.9. The van der Waals surface area contributed by atoms with Gasteiger partial charge in [-0.3, -0.25) is 13.9 Å². The van der Waals surface area contributed by atoms with E-state index in [2.05, 4.69) is 5.32 Å². The number of rotatable bonds is 12. The summed E-state index contributed by atoms with van der Waals surface area (Å²) < 4.78 is 46.2. The third-order valence-electron chi connectivity index (χ3n) is 7.58. The minimum atomic E-state index is -4.00. The van der Waals surface area contributed by atoms with Crippen LogP contribution in [-0.2, 0) is 32.6 Å². The van der Waals surface area contributed by atoms with Crippen molar-refractivity contribution in [1.29, 1.82) is 0 Å². The van der Waals surface area contributed by atoms with E-state index in [4.69, 9.17) is 16.3 Å². The molecule has 0 radical (unpaired) electrons. The maximum atomic E-state index is 14.2. The van der Waals surface area contributed by atoms with Gasteiger partial charge in [0.05, 0.1) is 19.1 Å². The van der Waals surface area contributed by atoms with Gasteiger partial charge in [0.1, 0.15) is 24.2 Å². The number of amides is 2. The van der Waals surface area contributed by atoms with Crippen LogP contribution in [0.5, 0.6) is 5.75 Å². The highest BCUT2D eigenvalue weighted by atomic mass is 35.5. The Morgan fingerprint density at radius 2 is 1.67 bits per heavy atom. The number of nitrogens with zero attached hydrogens (tertiary/aromatic N) is 2. The molecule has 0 bridgehead atoms. The Hall–Kier alpha value is -3.63. The van der Waals surface area contributed by atoms with Crippen molar-refractivity contribution >= 4 is 39.1 Å². The molecule has 1 aliphatic carbocycles. The topological polar surface area (TPSA) is 96.0 Å². The predicted octanol–water partition coefficient (Wildman–Crippen LogP) is 5.34. The number of methoxy groups -OCH3 is 1. The Morgan fingerprint density at radius 3 is 2.30 bits per heavy atom. The highest BCUT2D eigenvalue weighted by Crippen LogP contribution is 2.33. The first-order chi connectivity index (χ1) is 20.5. The summed E-state index contributed by atoms with van der Waals surface area (Å²) in [5.74, 6) is -1.16. The average Bonchev–Trinajstić information content (AvgIpc) is 2.99. The number of carbonyl (C=O) groups excluding carboxylic acids is 2. The van der Waals surface area contributed by atoms with Crippen molar-refractivity contribution in [2.75, 3.05) is 24.2 Å². The fourth-order valence-electron chi connectivity index (χ4n) is 5.34. The molecular weight excluding hydrogens is 593 g/mol. The lowest BCUT2D eigenvalue weighted by molar-refractivity contribution is -0.140. The Balaban J connectivity index is 1.75. The van der Waals surface area contributed by atoms with Gasteiger partial charge in [0.2, 0.25) is 21.8 Å². The number of hydrogen-bond acceptors (Lipinski definition) is 5. The maximum absolute atomic E-state index is 14.2. The number of anilines is 1. The summed E-state index contributed by atoms with van der Waals surface area (Å²) in [5, 5.41) is 3.41. The minimum absolute atomic E-state index is 0.00876. The highest BCUT2D eigenvalue weighted by Gasteiger charge is 2.34. The van der Waals surface area contributed by atoms with Gasteiger partial charge in [-0.25, -0.2) is 12.8 Å². The molecule has 230 valence electrons. The van der Waals surface area contributed by atoms with E-state index < -0.39 is 34.3 Å². The van der Waals surface area contributed by atoms with Crippen LogP contribution < -0.4 is 14.4 Å². The molecule has 43 heavy (non-hydrogen) atoms. The minimum Gasteiger partial charge on any atom is -0.495 e. The van der Waals surface area contributed by atoms with Crippen LogP contribution in [0.4, 0.5) is 10.1 Å². The monoisotopic (exact) mass is 629 g/mol. The molecule has 3 aromatic rings. The SMILES string of the molecule is COc1ccc(Cl)cc1N(CC(=O)N(Cc1ccc(F)cc1)[C@@H](Cc1ccccc1)C(=O)NC1CCCCC1)S(C)(=O)=O. The molecule has 0 aliphatic heterocycles. The maximum Gasteiger partial charge on any atom is 0.244 e. The third kappa shape index (κ3) is 8.93. The van der Waals surface area contributed by atoms with Gasteiger partial charge in [0.15, 0.2) is 0 Å². The van der Waals surface area contributed by atoms with Gasteiger partial charge in [-0.15, -0.1) is 0 Å². The van der Waals surface area contributed by atoms with E-state index in [9.17, 15) is 22.4 Å². The second-order valence-corrected chi connectivity index (χ2v) is 13.1. The van der Waals surface area contributed by atoms with E-state index in [0.29, 0.717) is 5.56 Å². The highest BCUT2D eigenvalue weighted by molar-refractivity contribution is 7.92. The second kappa shape index (κ2) is 14.7. The zero-order valence-electron chi connectivity index (χ0n) is 24.3. The molecule has 0 spiro atoms. The molecule has 8 nitrogen and oxygen atoms in total. The molecule has 11 heteroatoms. The number of ether oxygens (including phenoxy) is 1. The van der Waals surface area contributed by atoms with E-state index in [1.807, 2.05) is 30.3 Å². The van der Waals surface area contributed by atoms with Crippen LogP contribution >= 0.6 is 11.6 Å². The molecule has 1 aliphatic rings. The smallest absolute Gasteiger partial charge is 0.244 e. The summed E-state index contributed by atoms with van der Waals surface area (Å²) in [6.07, 6.45) is 6.03. The van der Waals surface area contributed by atoms with Crippen LogP contribution in [0.2, 0.25) is 5.02 Å². The van der Waals surface area contributed by atoms with E-state index in [0.717, 1.165) is 48.2 Å². The number of nitrogens with one attached hydrogen (secondary N) is 1. The molecular formula is C32H37ClFN3O5S. The number of carbonyl (C=O) groups is 2. The Labute approximate surface area is 257 Å². The molecule has 0 unspecified atom stereocenters. The van der Waals surface area contributed by atoms with E-state index in [1.165, 1.54) is 36.3 Å². The quantitative estimate of drug-likeness (QED) is 0.292. The molecule has 1 N–H and O–H groups in total. The fourth-order valence-corrected chi connectivity index (χ4v) is 6.35. The van der Waals surface area contributed by atoms with Crippen molar-refractivity contribution in [3.05, 3.63) is 94.8 Å². The largest absolute Gasteiger partial charge is 0.495 e. The number of benzene rings is 3. The van der Waals surface area contributed by atoms with Gasteiger partial charge >= 0.3 is 0 Å². The molecule has 4 rings (SSSR count). The molecule has 1 atom stereocenters. The Kier molecular flexibility index (Phi) is 11.0. The molecule has 0 aromatic heterocycles. The predicted molar refractivity (Wildman–Crippen MR) is 166 cm³/mol. The molecule has 3 aromatic carbocycles. The summed E-state index contributed by atoms with van der Waals surface area (Å²) in [7, 11) is -2.61. The van der Waals surface area contributed by atoms with E-state index in [-0.39, 0.29) is 41.4 Å². The molecule has 0 heterocycles. The molecule has 1 saturated carbocycles. The Bertz CT molecular complexity index is 1500. The van der Waals surface area contributed by atoms with Gasteiger partial charge in [-0.1, -0.05) is 73.3 Å². The van der Waals surface area contributed by atoms with Crippen LogP contribution in [0.3, 0.4) is 0 Å². The normalized spacial score (nSPS) is 14.5. The standard InChI is InChI=1S/C32H37ClFN3O5S/c1-42-30-18-15-25(33)20-28(30)37(43(2,40)41)22-31(38)36(21-24-13-16-26(34)17-14-24)29(19-23-9-5-3-6-10-23)32(39)35-27-11-7-4-8-12-27/h3,5-6,9-10,13-18,20,27,29H,4,7-8,11-12,19,21-22H2,1-2H3,(H,35,39)/t29-/m0/s1.